The fourth-order valence-corrected chi connectivity index (χ4v) is 10.7. The molecule has 0 spiro atoms. The smallest absolute Gasteiger partial charge is 0.346 e. The zero-order valence-electron chi connectivity index (χ0n) is 39.4. The van der Waals surface area contributed by atoms with E-state index in [1.807, 2.05) is 59.9 Å². The highest BCUT2D eigenvalue weighted by molar-refractivity contribution is 7.16. The Labute approximate surface area is 432 Å². The zero-order chi connectivity index (χ0) is 50.2. The van der Waals surface area contributed by atoms with Crippen molar-refractivity contribution in [2.45, 2.75) is 39.0 Å². The molecule has 0 bridgehead atoms. The number of aliphatic carboxylic acids is 2. The molecule has 0 unspecified atom stereocenters. The van der Waals surface area contributed by atoms with Gasteiger partial charge in [-0.1, -0.05) is 141 Å². The van der Waals surface area contributed by atoms with E-state index in [-0.39, 0.29) is 11.1 Å². The number of unbranched alkanes of at least 4 members (excludes halogenated alkanes) is 3. The van der Waals surface area contributed by atoms with Crippen LogP contribution in [0.25, 0.3) is 69.5 Å². The van der Waals surface area contributed by atoms with Crippen molar-refractivity contribution < 1.29 is 19.8 Å². The summed E-state index contributed by atoms with van der Waals surface area (Å²) in [7, 11) is 0. The summed E-state index contributed by atoms with van der Waals surface area (Å²) in [6.45, 7) is 2.25. The van der Waals surface area contributed by atoms with E-state index in [1.165, 1.54) is 70.3 Å². The molecule has 8 rings (SSSR count). The van der Waals surface area contributed by atoms with Gasteiger partial charge in [-0.2, -0.15) is 10.5 Å². The van der Waals surface area contributed by atoms with Crippen molar-refractivity contribution in [3.63, 3.8) is 0 Å². The molecule has 0 atom stereocenters. The fraction of sp³-hybridized carbons (Fsp3) is 0.0968. The second kappa shape index (κ2) is 24.4. The van der Waals surface area contributed by atoms with Crippen molar-refractivity contribution in [3.05, 3.63) is 216 Å². The first-order valence-corrected chi connectivity index (χ1v) is 25.9. The lowest BCUT2D eigenvalue weighted by molar-refractivity contribution is -0.133. The Morgan fingerprint density at radius 1 is 0.458 bits per heavy atom. The Morgan fingerprint density at radius 3 is 1.21 bits per heavy atom. The summed E-state index contributed by atoms with van der Waals surface area (Å²) in [6.07, 6.45) is 21.8. The number of nitrogens with zero attached hydrogens (tertiary/aromatic N) is 3. The molecule has 8 aromatic rings. The van der Waals surface area contributed by atoms with Gasteiger partial charge in [0.05, 0.1) is 0 Å². The van der Waals surface area contributed by atoms with Gasteiger partial charge in [-0.05, 0) is 143 Å². The lowest BCUT2D eigenvalue weighted by atomic mass is 10.1. The summed E-state index contributed by atoms with van der Waals surface area (Å²) in [4.78, 5) is 30.9. The van der Waals surface area contributed by atoms with Crippen molar-refractivity contribution >= 4 is 112 Å². The standard InChI is InChI=1S/C62H49N3O4S3/c1-2-3-4-5-6-55-33-34-56(70-55)32-21-47-19-30-54(31-20-47)65(52-26-15-45(16-27-52)9-7-43-11-22-48(23-12-43)59-37-35-57(71-59)39-50(41-63)61(66)67)53-28-17-46(18-29-53)10-8-44-13-24-49(25-14-44)60-38-36-58(72-60)40-51(42-64)62(68)69/h7-40H,2-6H2,1H3,(H,66,67)(H,68,69). The molecule has 0 saturated heterocycles. The number of anilines is 3. The van der Waals surface area contributed by atoms with E-state index in [0.29, 0.717) is 9.75 Å². The number of benzene rings is 5. The SMILES string of the molecule is CCCCCCc1ccc(C=Cc2ccc(N(c3ccc(C=Cc4ccc(-c5ccc(C=C(C#N)C(=O)O)s5)cc4)cc3)c3ccc(C=Cc4ccc(-c5ccc(C=C(C#N)C(=O)O)s5)cc4)cc3)cc2)s1. The molecule has 0 saturated carbocycles. The Bertz CT molecular complexity index is 3210. The molecule has 3 heterocycles. The number of thiophene rings is 3. The Kier molecular flexibility index (Phi) is 17.0. The van der Waals surface area contributed by atoms with E-state index in [1.54, 1.807) is 12.1 Å². The van der Waals surface area contributed by atoms with Crippen LogP contribution in [0.15, 0.2) is 169 Å². The molecule has 0 aliphatic heterocycles. The van der Waals surface area contributed by atoms with Crippen LogP contribution in [-0.4, -0.2) is 22.2 Å². The summed E-state index contributed by atoms with van der Waals surface area (Å²) < 4.78 is 0. The molecular formula is C62H49N3O4S3. The second-order valence-electron chi connectivity index (χ2n) is 16.8. The molecule has 2 N–H and O–H groups in total. The Morgan fingerprint density at radius 2 is 0.833 bits per heavy atom. The molecule has 0 fully saturated rings. The van der Waals surface area contributed by atoms with Crippen LogP contribution in [0.1, 0.15) is 79.9 Å². The minimum atomic E-state index is -1.24. The molecular weight excluding hydrogens is 947 g/mol. The number of carboxylic acids is 2. The number of hydrogen-bond acceptors (Lipinski definition) is 8. The first-order valence-electron chi connectivity index (χ1n) is 23.5. The summed E-state index contributed by atoms with van der Waals surface area (Å²) >= 11 is 4.75. The third-order valence-corrected chi connectivity index (χ3v) is 15.0. The van der Waals surface area contributed by atoms with Gasteiger partial charge in [0.2, 0.25) is 0 Å². The lowest BCUT2D eigenvalue weighted by Gasteiger charge is -2.26. The molecule has 7 nitrogen and oxygen atoms in total. The zero-order valence-corrected chi connectivity index (χ0v) is 41.9. The summed E-state index contributed by atoms with van der Waals surface area (Å²) in [6, 6.07) is 57.6. The molecule has 0 amide bonds. The molecule has 354 valence electrons. The third-order valence-electron chi connectivity index (χ3n) is 11.7. The first-order chi connectivity index (χ1) is 35.1. The van der Waals surface area contributed by atoms with Crippen LogP contribution in [0.2, 0.25) is 0 Å². The highest BCUT2D eigenvalue weighted by Crippen LogP contribution is 2.36. The van der Waals surface area contributed by atoms with Crippen LogP contribution < -0.4 is 4.90 Å². The molecule has 0 radical (unpaired) electrons. The fourth-order valence-electron chi connectivity index (χ4n) is 7.81. The summed E-state index contributed by atoms with van der Waals surface area (Å²) in [5.41, 5.74) is 9.82. The average Bonchev–Trinajstić information content (AvgIpc) is 4.20. The molecule has 0 aliphatic rings. The van der Waals surface area contributed by atoms with Gasteiger partial charge in [-0.15, -0.1) is 34.0 Å². The maximum Gasteiger partial charge on any atom is 0.346 e. The van der Waals surface area contributed by atoms with Crippen molar-refractivity contribution in [2.75, 3.05) is 4.90 Å². The minimum absolute atomic E-state index is 0.293. The molecule has 10 heteroatoms. The molecule has 5 aromatic carbocycles. The van der Waals surface area contributed by atoms with E-state index in [0.717, 1.165) is 72.2 Å². The van der Waals surface area contributed by atoms with Crippen LogP contribution in [-0.2, 0) is 16.0 Å². The average molecular weight is 996 g/mol. The number of nitriles is 2. The molecule has 72 heavy (non-hydrogen) atoms. The van der Waals surface area contributed by atoms with Gasteiger partial charge >= 0.3 is 11.9 Å². The van der Waals surface area contributed by atoms with E-state index in [9.17, 15) is 19.8 Å². The van der Waals surface area contributed by atoms with Gasteiger partial charge in [0.1, 0.15) is 23.3 Å². The Hall–Kier alpha value is -8.38. The summed E-state index contributed by atoms with van der Waals surface area (Å²) in [5.74, 6) is -2.47. The van der Waals surface area contributed by atoms with Crippen LogP contribution in [0.5, 0.6) is 0 Å². The molecule has 3 aromatic heterocycles. The van der Waals surface area contributed by atoms with Crippen LogP contribution >= 0.6 is 34.0 Å². The van der Waals surface area contributed by atoms with Gasteiger partial charge in [0.15, 0.2) is 0 Å². The largest absolute Gasteiger partial charge is 0.477 e. The van der Waals surface area contributed by atoms with Crippen LogP contribution in [0.3, 0.4) is 0 Å². The molecule has 0 aliphatic carbocycles. The van der Waals surface area contributed by atoms with Gasteiger partial charge in [0.25, 0.3) is 0 Å². The van der Waals surface area contributed by atoms with Crippen molar-refractivity contribution in [1.82, 2.24) is 0 Å². The predicted octanol–water partition coefficient (Wildman–Crippen LogP) is 17.3. The van der Waals surface area contributed by atoms with Gasteiger partial charge in [-0.3, -0.25) is 0 Å². The van der Waals surface area contributed by atoms with Gasteiger partial charge in [0, 0.05) is 46.3 Å². The summed E-state index contributed by atoms with van der Waals surface area (Å²) in [5, 5.41) is 36.7. The topological polar surface area (TPSA) is 125 Å². The normalized spacial score (nSPS) is 11.9. The third kappa shape index (κ3) is 13.5. The number of aryl methyl sites for hydroxylation is 1. The minimum Gasteiger partial charge on any atom is -0.477 e. The van der Waals surface area contributed by atoms with Crippen molar-refractivity contribution in [2.24, 2.45) is 0 Å². The van der Waals surface area contributed by atoms with E-state index < -0.39 is 11.9 Å². The lowest BCUT2D eigenvalue weighted by Crippen LogP contribution is -2.09. The predicted molar refractivity (Wildman–Crippen MR) is 302 cm³/mol. The quantitative estimate of drug-likeness (QED) is 0.0337. The van der Waals surface area contributed by atoms with E-state index in [2.05, 4.69) is 157 Å². The monoisotopic (exact) mass is 995 g/mol. The van der Waals surface area contributed by atoms with E-state index in [4.69, 9.17) is 10.5 Å². The van der Waals surface area contributed by atoms with Crippen molar-refractivity contribution in [3.8, 4) is 33.0 Å². The first kappa shape index (κ1) is 50.0. The van der Waals surface area contributed by atoms with E-state index >= 15 is 0 Å². The Balaban J connectivity index is 0.980. The highest BCUT2D eigenvalue weighted by atomic mass is 32.1. The highest BCUT2D eigenvalue weighted by Gasteiger charge is 2.14. The van der Waals surface area contributed by atoms with Crippen LogP contribution in [0, 0.1) is 22.7 Å². The number of hydrogen-bond donors (Lipinski definition) is 2. The van der Waals surface area contributed by atoms with Gasteiger partial charge in [-0.25, -0.2) is 9.59 Å². The van der Waals surface area contributed by atoms with Crippen LogP contribution in [0.4, 0.5) is 17.1 Å². The second-order valence-corrected chi connectivity index (χ2v) is 20.3. The number of rotatable bonds is 20. The van der Waals surface area contributed by atoms with Gasteiger partial charge < -0.3 is 15.1 Å². The number of carbonyl (C=O) groups is 2. The maximum absolute atomic E-state index is 11.3. The number of carboxylic acid groups (broad SMARTS) is 2. The van der Waals surface area contributed by atoms with Crippen molar-refractivity contribution in [1.29, 1.82) is 10.5 Å². The maximum atomic E-state index is 11.3.